The van der Waals surface area contributed by atoms with Crippen molar-refractivity contribution in [3.05, 3.63) is 28.2 Å². The summed E-state index contributed by atoms with van der Waals surface area (Å²) in [4.78, 5) is 2.31. The lowest BCUT2D eigenvalue weighted by molar-refractivity contribution is 0.182. The molecule has 0 N–H and O–H groups in total. The van der Waals surface area contributed by atoms with Gasteiger partial charge in [-0.3, -0.25) is 0 Å². The van der Waals surface area contributed by atoms with Crippen molar-refractivity contribution in [1.29, 1.82) is 0 Å². The van der Waals surface area contributed by atoms with Crippen LogP contribution in [-0.2, 0) is 10.6 Å². The molecule has 1 aromatic carbocycles. The Hall–Kier alpha value is -0.250. The molecule has 1 unspecified atom stereocenters. The lowest BCUT2D eigenvalue weighted by atomic mass is 10.1. The molecule has 17 heavy (non-hydrogen) atoms. The van der Waals surface area contributed by atoms with Gasteiger partial charge in [0.25, 0.3) is 0 Å². The number of hydrogen-bond acceptors (Lipinski definition) is 2. The maximum Gasteiger partial charge on any atom is 0.0663 e. The molecule has 0 fully saturated rings. The summed E-state index contributed by atoms with van der Waals surface area (Å²) in [6.45, 7) is 5.95. The molecule has 0 spiro atoms. The third-order valence-corrected chi connectivity index (χ3v) is 3.56. The highest BCUT2D eigenvalue weighted by atomic mass is 79.9. The monoisotopic (exact) mass is 319 g/mol. The van der Waals surface area contributed by atoms with Crippen LogP contribution in [0.3, 0.4) is 0 Å². The number of nitrogens with zero attached hydrogens (tertiary/aromatic N) is 1. The predicted molar refractivity (Wildman–Crippen MR) is 78.1 cm³/mol. The number of likely N-dealkylation sites (N-methyl/N-ethyl adjacent to an activating group) is 1. The Morgan fingerprint density at radius 1 is 1.47 bits per heavy atom. The van der Waals surface area contributed by atoms with Gasteiger partial charge in [-0.1, -0.05) is 22.0 Å². The van der Waals surface area contributed by atoms with Crippen molar-refractivity contribution in [3.8, 4) is 0 Å². The van der Waals surface area contributed by atoms with E-state index in [4.69, 9.17) is 16.3 Å². The summed E-state index contributed by atoms with van der Waals surface area (Å²) < 4.78 is 6.30. The van der Waals surface area contributed by atoms with Crippen LogP contribution in [0.5, 0.6) is 0 Å². The van der Waals surface area contributed by atoms with Gasteiger partial charge in [-0.25, -0.2) is 0 Å². The smallest absolute Gasteiger partial charge is 0.0663 e. The van der Waals surface area contributed by atoms with Gasteiger partial charge < -0.3 is 9.64 Å². The molecule has 0 amide bonds. The first kappa shape index (κ1) is 14.8. The summed E-state index contributed by atoms with van der Waals surface area (Å²) in [5, 5.41) is 0. The molecule has 0 aromatic heterocycles. The zero-order valence-corrected chi connectivity index (χ0v) is 12.9. The fraction of sp³-hybridized carbons (Fsp3) is 0.538. The summed E-state index contributed by atoms with van der Waals surface area (Å²) >= 11 is 9.50. The summed E-state index contributed by atoms with van der Waals surface area (Å²) in [6, 6.07) is 6.54. The Morgan fingerprint density at radius 2 is 2.18 bits per heavy atom. The fourth-order valence-corrected chi connectivity index (χ4v) is 2.54. The van der Waals surface area contributed by atoms with E-state index in [1.165, 1.54) is 5.69 Å². The van der Waals surface area contributed by atoms with E-state index < -0.39 is 0 Å². The fourth-order valence-electron chi connectivity index (χ4n) is 1.97. The molecule has 0 aliphatic rings. The van der Waals surface area contributed by atoms with Gasteiger partial charge in [0.1, 0.15) is 0 Å². The predicted octanol–water partition coefficient (Wildman–Crippen LogP) is 4.05. The maximum atomic E-state index is 5.99. The number of hydrogen-bond donors (Lipinski definition) is 0. The van der Waals surface area contributed by atoms with Crippen LogP contribution in [-0.4, -0.2) is 26.3 Å². The maximum absolute atomic E-state index is 5.99. The average molecular weight is 321 g/mol. The van der Waals surface area contributed by atoms with Gasteiger partial charge in [0.05, 0.1) is 6.61 Å². The van der Waals surface area contributed by atoms with Gasteiger partial charge in [-0.2, -0.15) is 0 Å². The topological polar surface area (TPSA) is 12.5 Å². The number of alkyl halides is 1. The van der Waals surface area contributed by atoms with Crippen molar-refractivity contribution in [2.24, 2.45) is 0 Å². The van der Waals surface area contributed by atoms with E-state index in [0.29, 0.717) is 18.5 Å². The Kier molecular flexibility index (Phi) is 6.31. The van der Waals surface area contributed by atoms with E-state index in [1.54, 1.807) is 7.11 Å². The quantitative estimate of drug-likeness (QED) is 0.733. The third kappa shape index (κ3) is 3.87. The molecule has 0 heterocycles. The van der Waals surface area contributed by atoms with Crippen molar-refractivity contribution in [2.45, 2.75) is 25.8 Å². The van der Waals surface area contributed by atoms with Crippen molar-refractivity contribution in [2.75, 3.05) is 25.2 Å². The summed E-state index contributed by atoms with van der Waals surface area (Å²) in [5.41, 5.74) is 2.33. The van der Waals surface area contributed by atoms with Crippen LogP contribution in [0.4, 0.5) is 5.69 Å². The van der Waals surface area contributed by atoms with Crippen LogP contribution in [0.25, 0.3) is 0 Å². The van der Waals surface area contributed by atoms with Gasteiger partial charge in [0.2, 0.25) is 0 Å². The zero-order chi connectivity index (χ0) is 12.8. The summed E-state index contributed by atoms with van der Waals surface area (Å²) in [6.07, 6.45) is 0. The summed E-state index contributed by atoms with van der Waals surface area (Å²) in [7, 11) is 1.73. The van der Waals surface area contributed by atoms with Crippen LogP contribution < -0.4 is 4.90 Å². The Bertz CT molecular complexity index is 359. The van der Waals surface area contributed by atoms with E-state index in [1.807, 2.05) is 6.07 Å². The van der Waals surface area contributed by atoms with E-state index >= 15 is 0 Å². The number of anilines is 1. The molecule has 1 aromatic rings. The van der Waals surface area contributed by atoms with Gasteiger partial charge in [-0.15, -0.1) is 11.6 Å². The molecule has 0 saturated carbocycles. The average Bonchev–Trinajstić information content (AvgIpc) is 2.31. The van der Waals surface area contributed by atoms with Crippen LogP contribution in [0, 0.1) is 0 Å². The zero-order valence-electron chi connectivity index (χ0n) is 10.5. The highest BCUT2D eigenvalue weighted by Gasteiger charge is 2.15. The molecule has 1 rings (SSSR count). The first-order chi connectivity index (χ1) is 8.13. The highest BCUT2D eigenvalue weighted by Crippen LogP contribution is 2.28. The standard InChI is InChI=1S/C13H19BrClNO/c1-4-16(10(2)9-17-3)13-7-12(14)6-5-11(13)8-15/h5-7,10H,4,8-9H2,1-3H3. The van der Waals surface area contributed by atoms with Crippen LogP contribution in [0.2, 0.25) is 0 Å². The SMILES string of the molecule is CCN(c1cc(Br)ccc1CCl)C(C)COC. The summed E-state index contributed by atoms with van der Waals surface area (Å²) in [5.74, 6) is 0.527. The van der Waals surface area contributed by atoms with E-state index in [-0.39, 0.29) is 0 Å². The molecule has 96 valence electrons. The van der Waals surface area contributed by atoms with Crippen molar-refractivity contribution in [1.82, 2.24) is 0 Å². The minimum absolute atomic E-state index is 0.335. The second-order valence-corrected chi connectivity index (χ2v) is 5.18. The lowest BCUT2D eigenvalue weighted by Gasteiger charge is -2.31. The minimum atomic E-state index is 0.335. The van der Waals surface area contributed by atoms with Gasteiger partial charge >= 0.3 is 0 Å². The molecule has 0 saturated heterocycles. The first-order valence-corrected chi connectivity index (χ1v) is 7.06. The molecule has 0 aliphatic heterocycles. The van der Waals surface area contributed by atoms with Crippen LogP contribution >= 0.6 is 27.5 Å². The number of halogens is 2. The number of ether oxygens (including phenoxy) is 1. The molecular weight excluding hydrogens is 302 g/mol. The lowest BCUT2D eigenvalue weighted by Crippen LogP contribution is -2.36. The van der Waals surface area contributed by atoms with Crippen molar-refractivity contribution >= 4 is 33.2 Å². The van der Waals surface area contributed by atoms with Crippen LogP contribution in [0.1, 0.15) is 19.4 Å². The molecule has 1 atom stereocenters. The second kappa shape index (κ2) is 7.24. The molecule has 0 radical (unpaired) electrons. The molecule has 4 heteroatoms. The molecular formula is C13H19BrClNO. The van der Waals surface area contributed by atoms with E-state index in [9.17, 15) is 0 Å². The van der Waals surface area contributed by atoms with E-state index in [0.717, 1.165) is 16.6 Å². The van der Waals surface area contributed by atoms with Crippen molar-refractivity contribution < 1.29 is 4.74 Å². The van der Waals surface area contributed by atoms with Gasteiger partial charge in [-0.05, 0) is 31.5 Å². The molecule has 0 bridgehead atoms. The molecule has 2 nitrogen and oxygen atoms in total. The number of benzene rings is 1. The first-order valence-electron chi connectivity index (χ1n) is 5.74. The Labute approximate surface area is 117 Å². The van der Waals surface area contributed by atoms with Crippen LogP contribution in [0.15, 0.2) is 22.7 Å². The third-order valence-electron chi connectivity index (χ3n) is 2.78. The molecule has 0 aliphatic carbocycles. The van der Waals surface area contributed by atoms with E-state index in [2.05, 4.69) is 46.8 Å². The largest absolute Gasteiger partial charge is 0.383 e. The van der Waals surface area contributed by atoms with Crippen molar-refractivity contribution in [3.63, 3.8) is 0 Å². The van der Waals surface area contributed by atoms with Gasteiger partial charge in [0, 0.05) is 35.7 Å². The van der Waals surface area contributed by atoms with Gasteiger partial charge in [0.15, 0.2) is 0 Å². The Morgan fingerprint density at radius 3 is 2.71 bits per heavy atom. The Balaban J connectivity index is 3.05. The highest BCUT2D eigenvalue weighted by molar-refractivity contribution is 9.10. The number of methoxy groups -OCH3 is 1. The normalized spacial score (nSPS) is 12.5. The second-order valence-electron chi connectivity index (χ2n) is 4.00. The minimum Gasteiger partial charge on any atom is -0.383 e. The number of rotatable bonds is 6.